The van der Waals surface area contributed by atoms with Gasteiger partial charge in [-0.1, -0.05) is 370 Å². The van der Waals surface area contributed by atoms with Gasteiger partial charge < -0.3 is 33.8 Å². The highest BCUT2D eigenvalue weighted by molar-refractivity contribution is 7.47. The van der Waals surface area contributed by atoms with E-state index in [1.54, 1.807) is 0 Å². The Balaban J connectivity index is 5.21. The molecule has 0 radical (unpaired) electrons. The Morgan fingerprint density at radius 1 is 0.290 bits per heavy atom. The van der Waals surface area contributed by atoms with Crippen molar-refractivity contribution in [1.82, 2.24) is 0 Å². The van der Waals surface area contributed by atoms with Crippen molar-refractivity contribution in [1.29, 1.82) is 0 Å². The third kappa shape index (κ3) is 71.7. The van der Waals surface area contributed by atoms with Crippen LogP contribution in [0.2, 0.25) is 0 Å². The van der Waals surface area contributed by atoms with E-state index in [-0.39, 0.29) is 25.7 Å². The number of aliphatic hydroxyl groups is 1. The number of unbranched alkanes of at least 4 members (excludes halogenated alkanes) is 45. The summed E-state index contributed by atoms with van der Waals surface area (Å²) in [5.74, 6) is 0.225. The first-order valence-electron chi connectivity index (χ1n) is 41.9. The van der Waals surface area contributed by atoms with Gasteiger partial charge in [-0.2, -0.15) is 0 Å². The third-order valence-corrected chi connectivity index (χ3v) is 21.5. The number of hydrogen-bond acceptors (Lipinski definition) is 15. The topological polar surface area (TPSA) is 237 Å². The minimum atomic E-state index is -4.96. The maximum atomic E-state index is 13.1. The van der Waals surface area contributed by atoms with E-state index in [9.17, 15) is 43.2 Å². The third-order valence-electron chi connectivity index (χ3n) is 19.6. The Labute approximate surface area is 613 Å². The zero-order chi connectivity index (χ0) is 73.7. The van der Waals surface area contributed by atoms with E-state index < -0.39 is 97.5 Å². The maximum absolute atomic E-state index is 13.1. The SMILES string of the molecule is CCCCCCCCCCCCCCCCCCC(=O)OC[C@H](COP(=O)(O)OC[C@@H](O)COP(=O)(O)OC[C@@H](COC(=O)CCCCCCCCC(C)CC)OC(=O)CCCCCCCCCCCC(C)C)OC(=O)CCCCCCCCCCCCCCCCCCCCC(C)CC. The molecule has 0 amide bonds. The zero-order valence-electron chi connectivity index (χ0n) is 65.7. The summed E-state index contributed by atoms with van der Waals surface area (Å²) in [5, 5.41) is 10.6. The summed E-state index contributed by atoms with van der Waals surface area (Å²) in [4.78, 5) is 73.0. The fourth-order valence-electron chi connectivity index (χ4n) is 12.4. The molecule has 0 aliphatic rings. The molecule has 0 aliphatic carbocycles. The lowest BCUT2D eigenvalue weighted by molar-refractivity contribution is -0.161. The van der Waals surface area contributed by atoms with Gasteiger partial charge in [0.25, 0.3) is 0 Å². The van der Waals surface area contributed by atoms with Crippen LogP contribution in [0, 0.1) is 17.8 Å². The van der Waals surface area contributed by atoms with Gasteiger partial charge in [-0.05, 0) is 43.4 Å². The van der Waals surface area contributed by atoms with Crippen LogP contribution in [0.4, 0.5) is 0 Å². The van der Waals surface area contributed by atoms with Crippen LogP contribution in [0.3, 0.4) is 0 Å². The Bertz CT molecular complexity index is 1940. The monoisotopic (exact) mass is 1470 g/mol. The van der Waals surface area contributed by atoms with Gasteiger partial charge in [-0.15, -0.1) is 0 Å². The number of ether oxygens (including phenoxy) is 4. The summed E-state index contributed by atoms with van der Waals surface area (Å²) in [5.41, 5.74) is 0. The average molecular weight is 1470 g/mol. The second-order valence-electron chi connectivity index (χ2n) is 30.1. The predicted molar refractivity (Wildman–Crippen MR) is 409 cm³/mol. The first-order valence-corrected chi connectivity index (χ1v) is 44.9. The van der Waals surface area contributed by atoms with Crippen LogP contribution in [0.15, 0.2) is 0 Å². The Morgan fingerprint density at radius 2 is 0.510 bits per heavy atom. The van der Waals surface area contributed by atoms with Crippen molar-refractivity contribution in [3.63, 3.8) is 0 Å². The van der Waals surface area contributed by atoms with Crippen LogP contribution in [0.1, 0.15) is 421 Å². The average Bonchev–Trinajstić information content (AvgIpc) is 0.944. The minimum Gasteiger partial charge on any atom is -0.462 e. The van der Waals surface area contributed by atoms with Gasteiger partial charge >= 0.3 is 39.5 Å². The van der Waals surface area contributed by atoms with Crippen molar-refractivity contribution >= 4 is 39.5 Å². The van der Waals surface area contributed by atoms with E-state index in [0.717, 1.165) is 114 Å². The van der Waals surface area contributed by atoms with E-state index in [2.05, 4.69) is 48.5 Å². The van der Waals surface area contributed by atoms with Crippen LogP contribution < -0.4 is 0 Å². The van der Waals surface area contributed by atoms with Crippen molar-refractivity contribution in [2.45, 2.75) is 439 Å². The van der Waals surface area contributed by atoms with Crippen molar-refractivity contribution < 1.29 is 80.2 Å². The Hall–Kier alpha value is -1.94. The second kappa shape index (κ2) is 71.3. The molecule has 4 unspecified atom stereocenters. The van der Waals surface area contributed by atoms with Gasteiger partial charge in [-0.25, -0.2) is 9.13 Å². The molecule has 17 nitrogen and oxygen atoms in total. The molecule has 0 bridgehead atoms. The quantitative estimate of drug-likeness (QED) is 0.0222. The molecule has 19 heteroatoms. The van der Waals surface area contributed by atoms with Crippen molar-refractivity contribution in [2.75, 3.05) is 39.6 Å². The highest BCUT2D eigenvalue weighted by atomic mass is 31.2. The standard InChI is InChI=1S/C81H158O17P2/c1-8-11-12-13-14-15-16-17-18-24-27-30-35-40-48-55-62-78(83)91-68-76(97-80(85)64-57-50-41-36-31-28-25-22-20-19-21-23-26-29-34-39-46-53-60-73(6)9-2)70-95-99(87,88)93-66-75(82)67-94-100(89,90)96-71-77(69-92-79(84)63-56-49-44-43-47-54-61-74(7)10-3)98-81(86)65-58-51-42-37-32-33-38-45-52-59-72(4)5/h72-77,82H,8-71H2,1-7H3,(H,87,88)(H,89,90)/t73?,74?,75-,76-,77-/m1/s1. The largest absolute Gasteiger partial charge is 0.472 e. The molecule has 0 heterocycles. The van der Waals surface area contributed by atoms with Gasteiger partial charge in [-0.3, -0.25) is 37.3 Å². The zero-order valence-corrected chi connectivity index (χ0v) is 67.5. The molecule has 0 spiro atoms. The van der Waals surface area contributed by atoms with E-state index >= 15 is 0 Å². The van der Waals surface area contributed by atoms with E-state index in [1.807, 2.05) is 0 Å². The number of rotatable bonds is 79. The van der Waals surface area contributed by atoms with Gasteiger partial charge in [0.15, 0.2) is 12.2 Å². The number of phosphoric acid groups is 2. The predicted octanol–water partition coefficient (Wildman–Crippen LogP) is 24.1. The summed E-state index contributed by atoms with van der Waals surface area (Å²) < 4.78 is 68.7. The van der Waals surface area contributed by atoms with Crippen molar-refractivity contribution in [3.05, 3.63) is 0 Å². The van der Waals surface area contributed by atoms with Crippen LogP contribution in [0.25, 0.3) is 0 Å². The molecule has 7 atom stereocenters. The van der Waals surface area contributed by atoms with Gasteiger partial charge in [0.1, 0.15) is 19.3 Å². The van der Waals surface area contributed by atoms with E-state index in [0.29, 0.717) is 25.7 Å². The summed E-state index contributed by atoms with van der Waals surface area (Å²) >= 11 is 0. The van der Waals surface area contributed by atoms with Gasteiger partial charge in [0, 0.05) is 25.7 Å². The number of hydrogen-bond donors (Lipinski definition) is 3. The fraction of sp³-hybridized carbons (Fsp3) is 0.951. The summed E-state index contributed by atoms with van der Waals surface area (Å²) in [6.45, 7) is 11.9. The molecule has 0 saturated carbocycles. The van der Waals surface area contributed by atoms with Crippen LogP contribution in [-0.2, 0) is 65.4 Å². The van der Waals surface area contributed by atoms with E-state index in [4.69, 9.17) is 37.0 Å². The van der Waals surface area contributed by atoms with Gasteiger partial charge in [0.05, 0.1) is 26.4 Å². The first-order chi connectivity index (χ1) is 48.3. The number of carbonyl (C=O) groups is 4. The normalized spacial score (nSPS) is 14.5. The molecule has 0 aromatic heterocycles. The number of carbonyl (C=O) groups excluding carboxylic acids is 4. The highest BCUT2D eigenvalue weighted by Gasteiger charge is 2.30. The number of aliphatic hydroxyl groups excluding tert-OH is 1. The number of phosphoric ester groups is 2. The second-order valence-corrected chi connectivity index (χ2v) is 33.0. The molecule has 3 N–H and O–H groups in total. The molecule has 594 valence electrons. The summed E-state index contributed by atoms with van der Waals surface area (Å²) in [7, 11) is -9.92. The summed E-state index contributed by atoms with van der Waals surface area (Å²) in [6.07, 6.45) is 59.8. The van der Waals surface area contributed by atoms with Gasteiger partial charge in [0.2, 0.25) is 0 Å². The van der Waals surface area contributed by atoms with Crippen LogP contribution >= 0.6 is 15.6 Å². The summed E-state index contributed by atoms with van der Waals surface area (Å²) in [6, 6.07) is 0. The molecule has 0 saturated heterocycles. The minimum absolute atomic E-state index is 0.104. The smallest absolute Gasteiger partial charge is 0.462 e. The molecule has 100 heavy (non-hydrogen) atoms. The van der Waals surface area contributed by atoms with E-state index in [1.165, 1.54) is 225 Å². The van der Waals surface area contributed by atoms with Crippen molar-refractivity contribution in [2.24, 2.45) is 17.8 Å². The highest BCUT2D eigenvalue weighted by Crippen LogP contribution is 2.45. The van der Waals surface area contributed by atoms with Crippen LogP contribution in [-0.4, -0.2) is 96.7 Å². The molecule has 0 aliphatic heterocycles. The Kier molecular flexibility index (Phi) is 69.9. The molecule has 0 aromatic rings. The van der Waals surface area contributed by atoms with Crippen LogP contribution in [0.5, 0.6) is 0 Å². The Morgan fingerprint density at radius 3 is 0.760 bits per heavy atom. The molecular formula is C81H158O17P2. The lowest BCUT2D eigenvalue weighted by atomic mass is 9.99. The number of esters is 4. The first kappa shape index (κ1) is 98.1. The van der Waals surface area contributed by atoms with Crippen molar-refractivity contribution in [3.8, 4) is 0 Å². The molecule has 0 rings (SSSR count). The fourth-order valence-corrected chi connectivity index (χ4v) is 14.0. The lowest BCUT2D eigenvalue weighted by Crippen LogP contribution is -2.30. The lowest BCUT2D eigenvalue weighted by Gasteiger charge is -2.21. The maximum Gasteiger partial charge on any atom is 0.472 e. The molecular weight excluding hydrogens is 1310 g/mol. The molecule has 0 aromatic carbocycles. The molecule has 0 fully saturated rings.